The average molecular weight is 433 g/mol. The fraction of sp³-hybridized carbons (Fsp3) is 0.400. The first-order valence-electron chi connectivity index (χ1n) is 12.2. The van der Waals surface area contributed by atoms with Gasteiger partial charge < -0.3 is 0 Å². The summed E-state index contributed by atoms with van der Waals surface area (Å²) < 4.78 is 29.4. The highest BCUT2D eigenvalue weighted by Crippen LogP contribution is 2.37. The molecule has 0 amide bonds. The molecule has 168 valence electrons. The van der Waals surface area contributed by atoms with Gasteiger partial charge in [0.25, 0.3) is 0 Å². The minimum atomic E-state index is -0.716. The molecule has 0 aromatic heterocycles. The van der Waals surface area contributed by atoms with Gasteiger partial charge in [0.15, 0.2) is 11.6 Å². The van der Waals surface area contributed by atoms with Gasteiger partial charge in [0, 0.05) is 5.39 Å². The Morgan fingerprint density at radius 3 is 2.28 bits per heavy atom. The number of benzene rings is 3. The summed E-state index contributed by atoms with van der Waals surface area (Å²) in [7, 11) is 0. The van der Waals surface area contributed by atoms with E-state index >= 15 is 0 Å². The third kappa shape index (κ3) is 5.11. The van der Waals surface area contributed by atoms with Gasteiger partial charge in [-0.25, -0.2) is 8.78 Å². The van der Waals surface area contributed by atoms with Crippen LogP contribution < -0.4 is 0 Å². The predicted octanol–water partition coefficient (Wildman–Crippen LogP) is 8.71. The third-order valence-electron chi connectivity index (χ3n) is 7.33. The fourth-order valence-corrected chi connectivity index (χ4v) is 5.20. The molecule has 0 radical (unpaired) electrons. The molecule has 1 saturated carbocycles. The van der Waals surface area contributed by atoms with Crippen molar-refractivity contribution < 1.29 is 8.78 Å². The predicted molar refractivity (Wildman–Crippen MR) is 131 cm³/mol. The van der Waals surface area contributed by atoms with Crippen LogP contribution in [0.4, 0.5) is 8.78 Å². The van der Waals surface area contributed by atoms with Gasteiger partial charge in [-0.2, -0.15) is 0 Å². The molecule has 1 aliphatic carbocycles. The maximum atomic E-state index is 14.7. The molecule has 4 rings (SSSR count). The summed E-state index contributed by atoms with van der Waals surface area (Å²) in [6, 6.07) is 16.3. The Hall–Kier alpha value is -2.48. The molecule has 1 fully saturated rings. The summed E-state index contributed by atoms with van der Waals surface area (Å²) >= 11 is 0. The van der Waals surface area contributed by atoms with Gasteiger partial charge in [-0.15, -0.1) is 6.58 Å². The molecule has 3 aromatic rings. The van der Waals surface area contributed by atoms with Crippen molar-refractivity contribution in [2.75, 3.05) is 0 Å². The number of fused-ring (bicyclic) bond motifs is 1. The number of hydrogen-bond acceptors (Lipinski definition) is 0. The normalized spacial score (nSPS) is 18.7. The number of rotatable bonds is 8. The van der Waals surface area contributed by atoms with E-state index in [1.807, 2.05) is 31.2 Å². The van der Waals surface area contributed by atoms with E-state index in [9.17, 15) is 8.78 Å². The van der Waals surface area contributed by atoms with Gasteiger partial charge in [0.1, 0.15) is 0 Å². The zero-order chi connectivity index (χ0) is 22.5. The first-order valence-corrected chi connectivity index (χ1v) is 12.2. The smallest absolute Gasteiger partial charge is 0.166 e. The Labute approximate surface area is 191 Å². The van der Waals surface area contributed by atoms with Crippen LogP contribution in [0.25, 0.3) is 10.8 Å². The summed E-state index contributed by atoms with van der Waals surface area (Å²) in [4.78, 5) is 0. The van der Waals surface area contributed by atoms with Crippen molar-refractivity contribution in [3.8, 4) is 0 Å². The lowest BCUT2D eigenvalue weighted by Gasteiger charge is -2.28. The molecule has 0 unspecified atom stereocenters. The summed E-state index contributed by atoms with van der Waals surface area (Å²) in [5.41, 5.74) is 4.08. The maximum Gasteiger partial charge on any atom is 0.166 e. The zero-order valence-corrected chi connectivity index (χ0v) is 19.2. The van der Waals surface area contributed by atoms with E-state index in [1.165, 1.54) is 43.2 Å². The van der Waals surface area contributed by atoms with Crippen molar-refractivity contribution >= 4 is 10.8 Å². The minimum Gasteiger partial charge on any atom is -0.203 e. The number of allylic oxidation sites excluding steroid dienone is 1. The molecule has 0 spiro atoms. The van der Waals surface area contributed by atoms with E-state index in [2.05, 4.69) is 30.8 Å². The third-order valence-corrected chi connectivity index (χ3v) is 7.33. The van der Waals surface area contributed by atoms with E-state index < -0.39 is 11.6 Å². The molecular formula is C30H34F2. The Bertz CT molecular complexity index is 1060. The maximum absolute atomic E-state index is 14.7. The second kappa shape index (κ2) is 10.4. The lowest BCUT2D eigenvalue weighted by molar-refractivity contribution is 0.312. The highest BCUT2D eigenvalue weighted by molar-refractivity contribution is 5.84. The van der Waals surface area contributed by atoms with Gasteiger partial charge in [-0.1, -0.05) is 49.4 Å². The molecule has 0 heterocycles. The molecule has 0 N–H and O–H groups in total. The SMILES string of the molecule is C=CCCC1CCC(c2ccc(CCc3cc4ccc(CC)cc4c(F)c3F)cc2)CC1. The fourth-order valence-electron chi connectivity index (χ4n) is 5.20. The van der Waals surface area contributed by atoms with Crippen LogP contribution in [0.3, 0.4) is 0 Å². The van der Waals surface area contributed by atoms with Gasteiger partial charge in [0.2, 0.25) is 0 Å². The van der Waals surface area contributed by atoms with Crippen molar-refractivity contribution in [1.82, 2.24) is 0 Å². The molecule has 0 bridgehead atoms. The Morgan fingerprint density at radius 2 is 1.59 bits per heavy atom. The largest absolute Gasteiger partial charge is 0.203 e. The topological polar surface area (TPSA) is 0 Å². The standard InChI is InChI=1S/C30H34F2/c1-3-5-6-22-8-13-24(14-9-22)25-15-10-23(11-16-25)12-18-27-20-26-17-7-21(4-2)19-28(26)30(32)29(27)31/h3,7,10-11,15-17,19-20,22,24H,1,4-6,8-9,12-14,18H2,2H3. The van der Waals surface area contributed by atoms with Crippen LogP contribution in [0.15, 0.2) is 61.2 Å². The van der Waals surface area contributed by atoms with Crippen LogP contribution in [0.5, 0.6) is 0 Å². The molecule has 0 atom stereocenters. The zero-order valence-electron chi connectivity index (χ0n) is 19.2. The van der Waals surface area contributed by atoms with Gasteiger partial charge >= 0.3 is 0 Å². The van der Waals surface area contributed by atoms with Crippen LogP contribution in [0.1, 0.15) is 73.6 Å². The average Bonchev–Trinajstić information content (AvgIpc) is 2.84. The minimum absolute atomic E-state index is 0.383. The van der Waals surface area contributed by atoms with Crippen LogP contribution in [-0.4, -0.2) is 0 Å². The Balaban J connectivity index is 1.39. The highest BCUT2D eigenvalue weighted by atomic mass is 19.2. The molecule has 32 heavy (non-hydrogen) atoms. The number of hydrogen-bond donors (Lipinski definition) is 0. The van der Waals surface area contributed by atoms with Crippen molar-refractivity contribution in [2.24, 2.45) is 5.92 Å². The second-order valence-corrected chi connectivity index (χ2v) is 9.40. The molecular weight excluding hydrogens is 398 g/mol. The van der Waals surface area contributed by atoms with Gasteiger partial charge in [-0.05, 0) is 109 Å². The van der Waals surface area contributed by atoms with Crippen molar-refractivity contribution in [2.45, 2.75) is 70.6 Å². The Kier molecular flexibility index (Phi) is 7.40. The number of aryl methyl sites for hydroxylation is 3. The van der Waals surface area contributed by atoms with Crippen LogP contribution in [0, 0.1) is 17.6 Å². The highest BCUT2D eigenvalue weighted by Gasteiger charge is 2.22. The van der Waals surface area contributed by atoms with Crippen LogP contribution in [-0.2, 0) is 19.3 Å². The molecule has 0 aliphatic heterocycles. The first-order chi connectivity index (χ1) is 15.6. The lowest BCUT2D eigenvalue weighted by atomic mass is 9.77. The summed E-state index contributed by atoms with van der Waals surface area (Å²) in [6.45, 7) is 5.86. The molecule has 3 aromatic carbocycles. The van der Waals surface area contributed by atoms with Crippen LogP contribution in [0.2, 0.25) is 0 Å². The quantitative estimate of drug-likeness (QED) is 0.312. The van der Waals surface area contributed by atoms with E-state index in [0.29, 0.717) is 29.7 Å². The van der Waals surface area contributed by atoms with Crippen molar-refractivity contribution in [1.29, 1.82) is 0 Å². The van der Waals surface area contributed by atoms with E-state index in [-0.39, 0.29) is 0 Å². The molecule has 2 heteroatoms. The summed E-state index contributed by atoms with van der Waals surface area (Å²) in [6.07, 6.45) is 11.6. The van der Waals surface area contributed by atoms with E-state index in [1.54, 1.807) is 6.07 Å². The second-order valence-electron chi connectivity index (χ2n) is 9.40. The first kappa shape index (κ1) is 22.7. The number of halogens is 2. The monoisotopic (exact) mass is 432 g/mol. The summed E-state index contributed by atoms with van der Waals surface area (Å²) in [5.74, 6) is 0.0980. The van der Waals surface area contributed by atoms with Gasteiger partial charge in [0.05, 0.1) is 0 Å². The van der Waals surface area contributed by atoms with Crippen molar-refractivity contribution in [3.63, 3.8) is 0 Å². The van der Waals surface area contributed by atoms with E-state index in [0.717, 1.165) is 29.7 Å². The Morgan fingerprint density at radius 1 is 0.875 bits per heavy atom. The lowest BCUT2D eigenvalue weighted by Crippen LogP contribution is -2.13. The van der Waals surface area contributed by atoms with E-state index in [4.69, 9.17) is 0 Å². The van der Waals surface area contributed by atoms with Crippen LogP contribution >= 0.6 is 0 Å². The molecule has 0 saturated heterocycles. The molecule has 0 nitrogen and oxygen atoms in total. The molecule has 1 aliphatic rings. The van der Waals surface area contributed by atoms with Crippen molar-refractivity contribution in [3.05, 3.63) is 95.1 Å². The van der Waals surface area contributed by atoms with Gasteiger partial charge in [-0.3, -0.25) is 0 Å². The summed E-state index contributed by atoms with van der Waals surface area (Å²) in [5, 5.41) is 1.16.